The molecule has 1 atom stereocenters. The van der Waals surface area contributed by atoms with Gasteiger partial charge in [-0.1, -0.05) is 49.1 Å². The minimum atomic E-state index is -1.24. The van der Waals surface area contributed by atoms with Crippen molar-refractivity contribution in [3.05, 3.63) is 41.5 Å². The van der Waals surface area contributed by atoms with Crippen LogP contribution in [0.3, 0.4) is 0 Å². The molecule has 0 radical (unpaired) electrons. The zero-order valence-electron chi connectivity index (χ0n) is 13.0. The van der Waals surface area contributed by atoms with Crippen LogP contribution in [0.4, 0.5) is 0 Å². The van der Waals surface area contributed by atoms with Gasteiger partial charge < -0.3 is 5.32 Å². The van der Waals surface area contributed by atoms with Gasteiger partial charge in [0.25, 0.3) is 0 Å². The molecule has 4 nitrogen and oxygen atoms in total. The first kappa shape index (κ1) is 14.9. The number of hydrogen-bond acceptors (Lipinski definition) is 3. The zero-order valence-corrected chi connectivity index (χ0v) is 14.0. The maximum atomic E-state index is 4.36. The SMILES string of the molecule is Cc1nc(C(C)NCc2cccc([Si](C)(C)C)c2)n[nH]1. The monoisotopic (exact) mass is 288 g/mol. The molecule has 0 fully saturated rings. The Balaban J connectivity index is 2.00. The number of rotatable bonds is 5. The van der Waals surface area contributed by atoms with Gasteiger partial charge in [0.2, 0.25) is 0 Å². The number of H-pyrrole nitrogens is 1. The Morgan fingerprint density at radius 1 is 1.30 bits per heavy atom. The third-order valence-corrected chi connectivity index (χ3v) is 5.45. The van der Waals surface area contributed by atoms with E-state index < -0.39 is 8.07 Å². The van der Waals surface area contributed by atoms with Crippen LogP contribution >= 0.6 is 0 Å². The van der Waals surface area contributed by atoms with Crippen LogP contribution in [0.2, 0.25) is 19.6 Å². The highest BCUT2D eigenvalue weighted by molar-refractivity contribution is 6.88. The lowest BCUT2D eigenvalue weighted by molar-refractivity contribution is 0.548. The number of benzene rings is 1. The van der Waals surface area contributed by atoms with Gasteiger partial charge in [0, 0.05) is 6.54 Å². The minimum Gasteiger partial charge on any atom is -0.303 e. The Hall–Kier alpha value is -1.46. The van der Waals surface area contributed by atoms with E-state index in [4.69, 9.17) is 0 Å². The molecule has 0 saturated heterocycles. The molecule has 0 saturated carbocycles. The third kappa shape index (κ3) is 3.77. The lowest BCUT2D eigenvalue weighted by Crippen LogP contribution is -2.37. The molecule has 1 heterocycles. The van der Waals surface area contributed by atoms with E-state index in [-0.39, 0.29) is 6.04 Å². The van der Waals surface area contributed by atoms with Gasteiger partial charge >= 0.3 is 0 Å². The predicted octanol–water partition coefficient (Wildman–Crippen LogP) is 2.51. The summed E-state index contributed by atoms with van der Waals surface area (Å²) in [6.07, 6.45) is 0. The van der Waals surface area contributed by atoms with Gasteiger partial charge in [-0.2, -0.15) is 5.10 Å². The highest BCUT2D eigenvalue weighted by Gasteiger charge is 2.16. The van der Waals surface area contributed by atoms with Gasteiger partial charge in [-0.05, 0) is 19.4 Å². The summed E-state index contributed by atoms with van der Waals surface area (Å²) in [5, 5.41) is 12.1. The molecule has 20 heavy (non-hydrogen) atoms. The molecular formula is C15H24N4Si. The smallest absolute Gasteiger partial charge is 0.167 e. The maximum absolute atomic E-state index is 4.36. The Bertz CT molecular complexity index is 571. The molecule has 1 aromatic heterocycles. The van der Waals surface area contributed by atoms with Gasteiger partial charge in [0.1, 0.15) is 5.82 Å². The minimum absolute atomic E-state index is 0.149. The van der Waals surface area contributed by atoms with Crippen molar-refractivity contribution in [2.24, 2.45) is 0 Å². The highest BCUT2D eigenvalue weighted by atomic mass is 28.3. The summed E-state index contributed by atoms with van der Waals surface area (Å²) < 4.78 is 0. The molecule has 2 rings (SSSR count). The fourth-order valence-electron chi connectivity index (χ4n) is 2.06. The van der Waals surface area contributed by atoms with E-state index in [0.29, 0.717) is 0 Å². The fourth-order valence-corrected chi connectivity index (χ4v) is 3.28. The van der Waals surface area contributed by atoms with Crippen molar-refractivity contribution in [3.63, 3.8) is 0 Å². The molecule has 0 spiro atoms. The number of aromatic nitrogens is 3. The summed E-state index contributed by atoms with van der Waals surface area (Å²) in [7, 11) is -1.24. The molecule has 0 aliphatic carbocycles. The molecule has 2 aromatic rings. The van der Waals surface area contributed by atoms with Crippen molar-refractivity contribution in [2.45, 2.75) is 46.1 Å². The summed E-state index contributed by atoms with van der Waals surface area (Å²) in [5.74, 6) is 1.68. The van der Waals surface area contributed by atoms with Crippen LogP contribution in [0.1, 0.15) is 30.2 Å². The second-order valence-electron chi connectivity index (χ2n) is 6.33. The number of aryl methyl sites for hydroxylation is 1. The lowest BCUT2D eigenvalue weighted by atomic mass is 10.2. The van der Waals surface area contributed by atoms with Crippen LogP contribution in [0.15, 0.2) is 24.3 Å². The van der Waals surface area contributed by atoms with Crippen molar-refractivity contribution in [1.29, 1.82) is 0 Å². The summed E-state index contributed by atoms with van der Waals surface area (Å²) in [6.45, 7) is 12.0. The molecular weight excluding hydrogens is 264 g/mol. The first-order chi connectivity index (χ1) is 9.36. The number of nitrogens with one attached hydrogen (secondary N) is 2. The van der Waals surface area contributed by atoms with Crippen LogP contribution in [0.5, 0.6) is 0 Å². The Labute approximate surface area is 122 Å². The topological polar surface area (TPSA) is 53.6 Å². The number of hydrogen-bond donors (Lipinski definition) is 2. The van der Waals surface area contributed by atoms with Crippen molar-refractivity contribution < 1.29 is 0 Å². The van der Waals surface area contributed by atoms with E-state index in [1.54, 1.807) is 0 Å². The van der Waals surface area contributed by atoms with Crippen molar-refractivity contribution >= 4 is 13.3 Å². The first-order valence-electron chi connectivity index (χ1n) is 7.08. The molecule has 108 valence electrons. The third-order valence-electron chi connectivity index (χ3n) is 3.41. The van der Waals surface area contributed by atoms with Crippen LogP contribution in [-0.2, 0) is 6.54 Å². The average Bonchev–Trinajstić information content (AvgIpc) is 2.82. The molecule has 1 unspecified atom stereocenters. The van der Waals surface area contributed by atoms with Crippen LogP contribution in [0.25, 0.3) is 0 Å². The van der Waals surface area contributed by atoms with Crippen LogP contribution < -0.4 is 10.5 Å². The maximum Gasteiger partial charge on any atom is 0.167 e. The van der Waals surface area contributed by atoms with E-state index in [1.165, 1.54) is 10.8 Å². The second-order valence-corrected chi connectivity index (χ2v) is 11.4. The summed E-state index contributed by atoms with van der Waals surface area (Å²) in [5.41, 5.74) is 1.32. The predicted molar refractivity (Wildman–Crippen MR) is 85.8 cm³/mol. The van der Waals surface area contributed by atoms with Gasteiger partial charge in [-0.25, -0.2) is 4.98 Å². The Kier molecular flexibility index (Phi) is 4.40. The van der Waals surface area contributed by atoms with Gasteiger partial charge in [0.15, 0.2) is 5.82 Å². The Morgan fingerprint density at radius 3 is 2.65 bits per heavy atom. The molecule has 1 aromatic carbocycles. The van der Waals surface area contributed by atoms with E-state index in [1.807, 2.05) is 6.92 Å². The van der Waals surface area contributed by atoms with E-state index in [9.17, 15) is 0 Å². The van der Waals surface area contributed by atoms with Gasteiger partial charge in [-0.3, -0.25) is 5.10 Å². The van der Waals surface area contributed by atoms with Gasteiger partial charge in [-0.15, -0.1) is 0 Å². The summed E-state index contributed by atoms with van der Waals surface area (Å²) in [4.78, 5) is 4.36. The Morgan fingerprint density at radius 2 is 2.05 bits per heavy atom. The summed E-state index contributed by atoms with van der Waals surface area (Å²) in [6, 6.07) is 9.06. The molecule has 0 amide bonds. The summed E-state index contributed by atoms with van der Waals surface area (Å²) >= 11 is 0. The van der Waals surface area contributed by atoms with E-state index >= 15 is 0 Å². The molecule has 0 aliphatic rings. The zero-order chi connectivity index (χ0) is 14.8. The average molecular weight is 288 g/mol. The molecule has 2 N–H and O–H groups in total. The van der Waals surface area contributed by atoms with E-state index in [2.05, 4.69) is 71.3 Å². The molecule has 5 heteroatoms. The largest absolute Gasteiger partial charge is 0.303 e. The van der Waals surface area contributed by atoms with Crippen LogP contribution in [-0.4, -0.2) is 23.3 Å². The normalized spacial score (nSPS) is 13.4. The van der Waals surface area contributed by atoms with Crippen molar-refractivity contribution in [3.8, 4) is 0 Å². The fraction of sp³-hybridized carbons (Fsp3) is 0.467. The lowest BCUT2D eigenvalue weighted by Gasteiger charge is -2.18. The van der Waals surface area contributed by atoms with Gasteiger partial charge in [0.05, 0.1) is 14.1 Å². The first-order valence-corrected chi connectivity index (χ1v) is 10.6. The van der Waals surface area contributed by atoms with Crippen LogP contribution in [0, 0.1) is 6.92 Å². The number of aromatic amines is 1. The van der Waals surface area contributed by atoms with E-state index in [0.717, 1.165) is 18.2 Å². The second kappa shape index (κ2) is 5.89. The number of nitrogens with zero attached hydrogens (tertiary/aromatic N) is 2. The van der Waals surface area contributed by atoms with Crippen molar-refractivity contribution in [1.82, 2.24) is 20.5 Å². The molecule has 0 bridgehead atoms. The van der Waals surface area contributed by atoms with Crippen molar-refractivity contribution in [2.75, 3.05) is 0 Å². The standard InChI is InChI=1S/C15H24N4Si/c1-11(15-17-12(2)18-19-15)16-10-13-7-6-8-14(9-13)20(3,4)5/h6-9,11,16H,10H2,1-5H3,(H,17,18,19). The highest BCUT2D eigenvalue weighted by Crippen LogP contribution is 2.09. The molecule has 0 aliphatic heterocycles. The quantitative estimate of drug-likeness (QED) is 0.831.